The van der Waals surface area contributed by atoms with Crippen LogP contribution in [0.1, 0.15) is 33.3 Å². The van der Waals surface area contributed by atoms with E-state index >= 15 is 0 Å². The smallest absolute Gasteiger partial charge is 0.305 e. The first kappa shape index (κ1) is 24.3. The van der Waals surface area contributed by atoms with Crippen molar-refractivity contribution in [3.8, 4) is 0 Å². The number of rotatable bonds is 9. The van der Waals surface area contributed by atoms with E-state index in [2.05, 4.69) is 0 Å². The van der Waals surface area contributed by atoms with Crippen molar-refractivity contribution in [1.29, 1.82) is 0 Å². The molecule has 0 amide bonds. The second-order valence-electron chi connectivity index (χ2n) is 6.88. The fourth-order valence-electron chi connectivity index (χ4n) is 3.13. The quantitative estimate of drug-likeness (QED) is 0.411. The van der Waals surface area contributed by atoms with Crippen LogP contribution in [0.25, 0.3) is 0 Å². The fraction of sp³-hybridized carbons (Fsp3) is 0.524. The van der Waals surface area contributed by atoms with Gasteiger partial charge in [-0.15, -0.1) is 0 Å². The predicted molar refractivity (Wildman–Crippen MR) is 103 cm³/mol. The Labute approximate surface area is 179 Å². The van der Waals surface area contributed by atoms with Crippen LogP contribution in [0, 0.1) is 0 Å². The van der Waals surface area contributed by atoms with E-state index in [-0.39, 0.29) is 13.2 Å². The average Bonchev–Trinajstić information content (AvgIpc) is 2.97. The van der Waals surface area contributed by atoms with Gasteiger partial charge in [0.2, 0.25) is 12.4 Å². The Balaban J connectivity index is 2.23. The second-order valence-corrected chi connectivity index (χ2v) is 6.88. The summed E-state index contributed by atoms with van der Waals surface area (Å²) in [5, 5.41) is 0. The number of carbonyl (C=O) groups excluding carboxylic acids is 4. The Kier molecular flexibility index (Phi) is 8.95. The highest BCUT2D eigenvalue weighted by atomic mass is 16.8. The molecule has 1 saturated heterocycles. The van der Waals surface area contributed by atoms with Gasteiger partial charge in [0.05, 0.1) is 13.2 Å². The standard InChI is InChI=1S/C21H26O10/c1-12(22)27-17(11-26-10-16-8-6-5-7-9-16)18-19(28-13(2)23)20(29-14(3)24)21(31-18)30-15(4)25/h5-9,17-21H,10-11H2,1-4H3/t17-,18+,19+,20-,21?/m1/s1. The number of esters is 4. The van der Waals surface area contributed by atoms with Gasteiger partial charge < -0.3 is 28.4 Å². The third kappa shape index (κ3) is 7.65. The fourth-order valence-corrected chi connectivity index (χ4v) is 3.13. The first-order valence-corrected chi connectivity index (χ1v) is 9.63. The number of ether oxygens (including phenoxy) is 6. The number of carbonyl (C=O) groups is 4. The molecule has 170 valence electrons. The van der Waals surface area contributed by atoms with Crippen LogP contribution in [0.4, 0.5) is 0 Å². The summed E-state index contributed by atoms with van der Waals surface area (Å²) in [6, 6.07) is 9.30. The van der Waals surface area contributed by atoms with Gasteiger partial charge in [0.1, 0.15) is 6.10 Å². The van der Waals surface area contributed by atoms with Crippen LogP contribution in [-0.2, 0) is 54.2 Å². The highest BCUT2D eigenvalue weighted by Gasteiger charge is 2.54. The minimum absolute atomic E-state index is 0.115. The Morgan fingerprint density at radius 2 is 1.42 bits per heavy atom. The highest BCUT2D eigenvalue weighted by molar-refractivity contribution is 5.68. The molecule has 1 aromatic rings. The lowest BCUT2D eigenvalue weighted by molar-refractivity contribution is -0.203. The van der Waals surface area contributed by atoms with Gasteiger partial charge in [0.25, 0.3) is 0 Å². The lowest BCUT2D eigenvalue weighted by atomic mass is 10.1. The molecule has 0 radical (unpaired) electrons. The van der Waals surface area contributed by atoms with E-state index in [4.69, 9.17) is 28.4 Å². The van der Waals surface area contributed by atoms with Gasteiger partial charge in [0.15, 0.2) is 12.2 Å². The summed E-state index contributed by atoms with van der Waals surface area (Å²) < 4.78 is 32.3. The van der Waals surface area contributed by atoms with E-state index in [0.29, 0.717) is 0 Å². The zero-order valence-electron chi connectivity index (χ0n) is 17.8. The molecule has 0 bridgehead atoms. The van der Waals surface area contributed by atoms with Crippen molar-refractivity contribution in [2.24, 2.45) is 0 Å². The zero-order chi connectivity index (χ0) is 23.0. The SMILES string of the molecule is CC(=O)OC1O[C@@H]([C@@H](COCc2ccccc2)OC(C)=O)[C@H](OC(C)=O)[C@H]1OC(C)=O. The number of hydrogen-bond donors (Lipinski definition) is 0. The Bertz CT molecular complexity index is 778. The Hall–Kier alpha value is -2.98. The van der Waals surface area contributed by atoms with Crippen molar-refractivity contribution in [1.82, 2.24) is 0 Å². The van der Waals surface area contributed by atoms with Crippen LogP contribution in [0.2, 0.25) is 0 Å². The van der Waals surface area contributed by atoms with E-state index in [1.54, 1.807) is 0 Å². The van der Waals surface area contributed by atoms with E-state index in [0.717, 1.165) is 26.3 Å². The Morgan fingerprint density at radius 3 is 1.97 bits per heavy atom. The molecule has 1 aliphatic heterocycles. The van der Waals surface area contributed by atoms with Crippen molar-refractivity contribution in [3.05, 3.63) is 35.9 Å². The maximum absolute atomic E-state index is 11.7. The van der Waals surface area contributed by atoms with Crippen LogP contribution in [0.3, 0.4) is 0 Å². The van der Waals surface area contributed by atoms with E-state index < -0.39 is 54.6 Å². The molecule has 1 heterocycles. The van der Waals surface area contributed by atoms with Crippen LogP contribution in [0.15, 0.2) is 30.3 Å². The summed E-state index contributed by atoms with van der Waals surface area (Å²) in [5.41, 5.74) is 0.892. The van der Waals surface area contributed by atoms with Crippen molar-refractivity contribution in [2.75, 3.05) is 6.61 Å². The topological polar surface area (TPSA) is 124 Å². The predicted octanol–water partition coefficient (Wildman–Crippen LogP) is 1.29. The molecule has 0 aliphatic carbocycles. The van der Waals surface area contributed by atoms with Gasteiger partial charge in [-0.25, -0.2) is 0 Å². The molecule has 0 aromatic heterocycles. The molecular formula is C21H26O10. The van der Waals surface area contributed by atoms with E-state index in [1.165, 1.54) is 6.92 Å². The molecule has 10 heteroatoms. The maximum atomic E-state index is 11.7. The van der Waals surface area contributed by atoms with Gasteiger partial charge in [-0.2, -0.15) is 0 Å². The maximum Gasteiger partial charge on any atom is 0.305 e. The van der Waals surface area contributed by atoms with Crippen molar-refractivity contribution in [2.45, 2.75) is 65.0 Å². The van der Waals surface area contributed by atoms with Gasteiger partial charge in [-0.1, -0.05) is 30.3 Å². The minimum Gasteiger partial charge on any atom is -0.457 e. The van der Waals surface area contributed by atoms with Gasteiger partial charge in [-0.3, -0.25) is 19.2 Å². The molecule has 1 aromatic carbocycles. The molecule has 0 spiro atoms. The first-order valence-electron chi connectivity index (χ1n) is 9.63. The Morgan fingerprint density at radius 1 is 0.839 bits per heavy atom. The van der Waals surface area contributed by atoms with Crippen LogP contribution < -0.4 is 0 Å². The lowest BCUT2D eigenvalue weighted by Gasteiger charge is -2.27. The van der Waals surface area contributed by atoms with Gasteiger partial charge >= 0.3 is 23.9 Å². The summed E-state index contributed by atoms with van der Waals surface area (Å²) in [4.78, 5) is 46.4. The van der Waals surface area contributed by atoms with Crippen molar-refractivity contribution in [3.63, 3.8) is 0 Å². The second kappa shape index (κ2) is 11.4. The molecule has 31 heavy (non-hydrogen) atoms. The summed E-state index contributed by atoms with van der Waals surface area (Å²) >= 11 is 0. The molecule has 1 aliphatic rings. The van der Waals surface area contributed by atoms with Gasteiger partial charge in [0, 0.05) is 27.7 Å². The monoisotopic (exact) mass is 438 g/mol. The van der Waals surface area contributed by atoms with Crippen LogP contribution >= 0.6 is 0 Å². The zero-order valence-corrected chi connectivity index (χ0v) is 17.8. The lowest BCUT2D eigenvalue weighted by Crippen LogP contribution is -2.46. The normalized spacial score (nSPS) is 23.5. The third-order valence-corrected chi connectivity index (χ3v) is 4.17. The van der Waals surface area contributed by atoms with E-state index in [1.807, 2.05) is 30.3 Å². The molecule has 5 atom stereocenters. The van der Waals surface area contributed by atoms with Gasteiger partial charge in [-0.05, 0) is 5.56 Å². The third-order valence-electron chi connectivity index (χ3n) is 4.17. The average molecular weight is 438 g/mol. The van der Waals surface area contributed by atoms with E-state index in [9.17, 15) is 19.2 Å². The largest absolute Gasteiger partial charge is 0.457 e. The highest BCUT2D eigenvalue weighted by Crippen LogP contribution is 2.31. The molecule has 1 unspecified atom stereocenters. The summed E-state index contributed by atoms with van der Waals surface area (Å²) in [5.74, 6) is -2.72. The van der Waals surface area contributed by atoms with Crippen LogP contribution in [-0.4, -0.2) is 61.2 Å². The molecule has 0 saturated carbocycles. The molecular weight excluding hydrogens is 412 g/mol. The number of hydrogen-bond acceptors (Lipinski definition) is 10. The number of benzene rings is 1. The van der Waals surface area contributed by atoms with Crippen LogP contribution in [0.5, 0.6) is 0 Å². The van der Waals surface area contributed by atoms with Crippen molar-refractivity contribution >= 4 is 23.9 Å². The first-order chi connectivity index (χ1) is 14.7. The summed E-state index contributed by atoms with van der Waals surface area (Å²) in [6.45, 7) is 4.77. The molecule has 2 rings (SSSR count). The summed E-state index contributed by atoms with van der Waals surface area (Å²) in [7, 11) is 0. The molecule has 1 fully saturated rings. The summed E-state index contributed by atoms with van der Waals surface area (Å²) in [6.07, 6.45) is -5.96. The molecule has 10 nitrogen and oxygen atoms in total. The molecule has 0 N–H and O–H groups in total. The van der Waals surface area contributed by atoms with Crippen molar-refractivity contribution < 1.29 is 47.6 Å². The minimum atomic E-state index is -1.36.